The lowest BCUT2D eigenvalue weighted by Crippen LogP contribution is -2.10. The van der Waals surface area contributed by atoms with Gasteiger partial charge in [-0.25, -0.2) is 0 Å². The van der Waals surface area contributed by atoms with E-state index in [1.807, 2.05) is 0 Å². The second-order valence-corrected chi connectivity index (χ2v) is 14.3. The first kappa shape index (κ1) is 31.3. The molecule has 258 valence electrons. The molecule has 0 spiro atoms. The van der Waals surface area contributed by atoms with Gasteiger partial charge in [0.15, 0.2) is 0 Å². The molecule has 3 nitrogen and oxygen atoms in total. The Kier molecular flexibility index (Phi) is 7.24. The Morgan fingerprint density at radius 2 is 1.05 bits per heavy atom. The molecule has 3 heteroatoms. The fourth-order valence-corrected chi connectivity index (χ4v) is 8.71. The third-order valence-electron chi connectivity index (χ3n) is 11.2. The van der Waals surface area contributed by atoms with Crippen molar-refractivity contribution in [2.24, 2.45) is 4.99 Å². The predicted octanol–water partition coefficient (Wildman–Crippen LogP) is 13.9. The monoisotopic (exact) mass is 701 g/mol. The maximum Gasteiger partial charge on any atom is 0.0675 e. The Labute approximate surface area is 319 Å². The standard InChI is InChI=1S/C52H35N3/c1-5-15-35(16-6-1)45-31-37-25-30-48-47(34-49(53-48)36-17-7-2-8-18-36)52(37)46-32-40(26-28-42(45)46)54(38-19-9-3-10-20-38)41-27-29-44-43-23-13-14-24-50(43)55(51(44)33-41)39-21-11-4-12-22-39/h1-33H,34H2. The van der Waals surface area contributed by atoms with Gasteiger partial charge in [0.25, 0.3) is 0 Å². The number of aliphatic imine (C=N–C) groups is 1. The number of rotatable bonds is 6. The van der Waals surface area contributed by atoms with Crippen LogP contribution in [0.5, 0.6) is 0 Å². The maximum atomic E-state index is 5.20. The van der Waals surface area contributed by atoms with E-state index in [9.17, 15) is 0 Å². The zero-order chi connectivity index (χ0) is 36.3. The van der Waals surface area contributed by atoms with E-state index in [0.717, 1.165) is 40.6 Å². The summed E-state index contributed by atoms with van der Waals surface area (Å²) in [6.07, 6.45) is 0.795. The molecular formula is C52H35N3. The highest BCUT2D eigenvalue weighted by Gasteiger charge is 2.23. The van der Waals surface area contributed by atoms with Crippen LogP contribution in [0.3, 0.4) is 0 Å². The van der Waals surface area contributed by atoms with Gasteiger partial charge in [0, 0.05) is 39.9 Å². The molecule has 0 unspecified atom stereocenters. The second-order valence-electron chi connectivity index (χ2n) is 14.3. The molecule has 2 heterocycles. The van der Waals surface area contributed by atoms with Crippen LogP contribution >= 0.6 is 0 Å². The van der Waals surface area contributed by atoms with E-state index >= 15 is 0 Å². The van der Waals surface area contributed by atoms with E-state index in [1.54, 1.807) is 0 Å². The Balaban J connectivity index is 1.16. The molecule has 1 aliphatic rings. The summed E-state index contributed by atoms with van der Waals surface area (Å²) in [7, 11) is 0. The first-order chi connectivity index (χ1) is 27.3. The molecule has 55 heavy (non-hydrogen) atoms. The van der Waals surface area contributed by atoms with Crippen molar-refractivity contribution in [2.45, 2.75) is 6.42 Å². The minimum atomic E-state index is 0.795. The van der Waals surface area contributed by atoms with Gasteiger partial charge in [-0.1, -0.05) is 133 Å². The zero-order valence-electron chi connectivity index (χ0n) is 30.1. The smallest absolute Gasteiger partial charge is 0.0675 e. The Morgan fingerprint density at radius 3 is 1.82 bits per heavy atom. The largest absolute Gasteiger partial charge is 0.310 e. The summed E-state index contributed by atoms with van der Waals surface area (Å²) in [6, 6.07) is 72.3. The van der Waals surface area contributed by atoms with Crippen molar-refractivity contribution in [2.75, 3.05) is 4.90 Å². The van der Waals surface area contributed by atoms with Gasteiger partial charge in [0.2, 0.25) is 0 Å². The molecule has 0 saturated heterocycles. The summed E-state index contributed by atoms with van der Waals surface area (Å²) in [6.45, 7) is 0. The number of aromatic nitrogens is 1. The molecule has 0 saturated carbocycles. The molecule has 10 aromatic rings. The lowest BCUT2D eigenvalue weighted by Gasteiger charge is -2.27. The van der Waals surface area contributed by atoms with Gasteiger partial charge in [0.1, 0.15) is 0 Å². The fraction of sp³-hybridized carbons (Fsp3) is 0.0192. The van der Waals surface area contributed by atoms with Gasteiger partial charge in [-0.05, 0) is 111 Å². The van der Waals surface area contributed by atoms with Crippen LogP contribution < -0.4 is 4.90 Å². The van der Waals surface area contributed by atoms with Crippen LogP contribution in [0.1, 0.15) is 11.1 Å². The molecular weight excluding hydrogens is 667 g/mol. The third kappa shape index (κ3) is 5.16. The first-order valence-electron chi connectivity index (χ1n) is 18.9. The summed E-state index contributed by atoms with van der Waals surface area (Å²) in [5, 5.41) is 7.45. The van der Waals surface area contributed by atoms with Crippen molar-refractivity contribution < 1.29 is 0 Å². The van der Waals surface area contributed by atoms with E-state index in [2.05, 4.69) is 210 Å². The molecule has 0 radical (unpaired) electrons. The van der Waals surface area contributed by atoms with Gasteiger partial charge in [-0.2, -0.15) is 0 Å². The first-order valence-corrected chi connectivity index (χ1v) is 18.9. The van der Waals surface area contributed by atoms with E-state index in [-0.39, 0.29) is 0 Å². The van der Waals surface area contributed by atoms with Crippen molar-refractivity contribution in [3.05, 3.63) is 211 Å². The average Bonchev–Trinajstić information content (AvgIpc) is 3.84. The Hall–Kier alpha value is -7.23. The van der Waals surface area contributed by atoms with Crippen LogP contribution in [0, 0.1) is 0 Å². The Morgan fingerprint density at radius 1 is 0.436 bits per heavy atom. The number of hydrogen-bond donors (Lipinski definition) is 0. The lowest BCUT2D eigenvalue weighted by atomic mass is 9.89. The molecule has 0 atom stereocenters. The predicted molar refractivity (Wildman–Crippen MR) is 232 cm³/mol. The van der Waals surface area contributed by atoms with Crippen LogP contribution in [0.2, 0.25) is 0 Å². The number of nitrogens with zero attached hydrogens (tertiary/aromatic N) is 3. The van der Waals surface area contributed by atoms with Crippen molar-refractivity contribution in [3.8, 4) is 16.8 Å². The molecule has 0 N–H and O–H groups in total. The van der Waals surface area contributed by atoms with Crippen LogP contribution in [0.25, 0.3) is 60.2 Å². The highest BCUT2D eigenvalue weighted by atomic mass is 15.1. The minimum Gasteiger partial charge on any atom is -0.310 e. The highest BCUT2D eigenvalue weighted by Crippen LogP contribution is 2.45. The molecule has 1 aliphatic heterocycles. The van der Waals surface area contributed by atoms with Crippen LogP contribution in [0.4, 0.5) is 22.7 Å². The van der Waals surface area contributed by atoms with Crippen molar-refractivity contribution in [3.63, 3.8) is 0 Å². The van der Waals surface area contributed by atoms with E-state index in [4.69, 9.17) is 4.99 Å². The summed E-state index contributed by atoms with van der Waals surface area (Å²) in [4.78, 5) is 7.60. The second kappa shape index (κ2) is 12.7. The zero-order valence-corrected chi connectivity index (χ0v) is 30.1. The van der Waals surface area contributed by atoms with Gasteiger partial charge < -0.3 is 9.47 Å². The van der Waals surface area contributed by atoms with E-state index < -0.39 is 0 Å². The molecule has 0 aliphatic carbocycles. The molecule has 11 rings (SSSR count). The number of fused-ring (bicyclic) bond motifs is 8. The Bertz CT molecular complexity index is 3090. The van der Waals surface area contributed by atoms with Crippen LogP contribution in [-0.2, 0) is 6.42 Å². The summed E-state index contributed by atoms with van der Waals surface area (Å²) < 4.78 is 2.39. The molecule has 1 aromatic heterocycles. The van der Waals surface area contributed by atoms with Gasteiger partial charge in [-0.15, -0.1) is 0 Å². The fourth-order valence-electron chi connectivity index (χ4n) is 8.71. The van der Waals surface area contributed by atoms with Crippen LogP contribution in [-0.4, -0.2) is 10.3 Å². The quantitative estimate of drug-likeness (QED) is 0.158. The number of hydrogen-bond acceptors (Lipinski definition) is 2. The van der Waals surface area contributed by atoms with Gasteiger partial charge >= 0.3 is 0 Å². The maximum absolute atomic E-state index is 5.20. The summed E-state index contributed by atoms with van der Waals surface area (Å²) in [5.41, 5.74) is 13.9. The molecule has 9 aromatic carbocycles. The van der Waals surface area contributed by atoms with E-state index in [0.29, 0.717) is 0 Å². The van der Waals surface area contributed by atoms with Crippen molar-refractivity contribution in [1.82, 2.24) is 4.57 Å². The van der Waals surface area contributed by atoms with Gasteiger partial charge in [0.05, 0.1) is 22.4 Å². The van der Waals surface area contributed by atoms with Crippen LogP contribution in [0.15, 0.2) is 205 Å². The lowest BCUT2D eigenvalue weighted by molar-refractivity contribution is 1.18. The van der Waals surface area contributed by atoms with E-state index in [1.165, 1.54) is 65.6 Å². The van der Waals surface area contributed by atoms with Crippen molar-refractivity contribution >= 4 is 71.8 Å². The summed E-state index contributed by atoms with van der Waals surface area (Å²) in [5.74, 6) is 0. The molecule has 0 bridgehead atoms. The molecule has 0 amide bonds. The normalized spacial score (nSPS) is 12.4. The number of benzene rings is 9. The number of anilines is 3. The SMILES string of the molecule is c1ccc(C2=Nc3ccc4cc(-c5ccccc5)c5ccc(N(c6ccccc6)c6ccc7c8ccccc8n(-c8ccccc8)c7c6)cc5c4c3C2)cc1. The van der Waals surface area contributed by atoms with Gasteiger partial charge in [-0.3, -0.25) is 4.99 Å². The third-order valence-corrected chi connectivity index (χ3v) is 11.2. The highest BCUT2D eigenvalue weighted by molar-refractivity contribution is 6.20. The topological polar surface area (TPSA) is 20.5 Å². The van der Waals surface area contributed by atoms with Crippen molar-refractivity contribution in [1.29, 1.82) is 0 Å². The number of para-hydroxylation sites is 3. The minimum absolute atomic E-state index is 0.795. The average molecular weight is 702 g/mol. The molecule has 0 fully saturated rings. The summed E-state index contributed by atoms with van der Waals surface area (Å²) >= 11 is 0.